The lowest BCUT2D eigenvalue weighted by atomic mass is 9.90. The van der Waals surface area contributed by atoms with Crippen molar-refractivity contribution in [2.24, 2.45) is 0 Å². The average molecular weight is 415 g/mol. The van der Waals surface area contributed by atoms with Crippen molar-refractivity contribution in [3.8, 4) is 0 Å². The number of carbonyl (C=O) groups excluding carboxylic acids is 2. The third-order valence-corrected chi connectivity index (χ3v) is 6.33. The molecule has 0 bridgehead atoms. The zero-order valence-electron chi connectivity index (χ0n) is 19.8. The Morgan fingerprint density at radius 1 is 0.724 bits per heavy atom. The minimum Gasteiger partial charge on any atom is -0.459 e. The summed E-state index contributed by atoms with van der Waals surface area (Å²) in [5, 5.41) is 10.3. The summed E-state index contributed by atoms with van der Waals surface area (Å²) >= 11 is 0. The highest BCUT2D eigenvalue weighted by atomic mass is 16.6. The van der Waals surface area contributed by atoms with E-state index in [9.17, 15) is 14.7 Å². The van der Waals surface area contributed by atoms with Crippen molar-refractivity contribution in [2.75, 3.05) is 0 Å². The molecule has 0 rings (SSSR count). The summed E-state index contributed by atoms with van der Waals surface area (Å²) < 4.78 is 11.5. The molecule has 1 atom stereocenters. The van der Waals surface area contributed by atoms with Crippen molar-refractivity contribution in [3.63, 3.8) is 0 Å². The Bertz CT molecular complexity index is 452. The second-order valence-corrected chi connectivity index (χ2v) is 8.31. The van der Waals surface area contributed by atoms with Gasteiger partial charge in [-0.05, 0) is 51.4 Å². The number of hydrogen-bond donors (Lipinski definition) is 1. The van der Waals surface area contributed by atoms with E-state index in [0.717, 1.165) is 64.2 Å². The van der Waals surface area contributed by atoms with Crippen molar-refractivity contribution in [1.82, 2.24) is 0 Å². The fraction of sp³-hybridized carbons (Fsp3) is 0.917. The van der Waals surface area contributed by atoms with Gasteiger partial charge in [0, 0.05) is 0 Å². The molecule has 0 aliphatic carbocycles. The molecule has 0 aromatic heterocycles. The molecule has 0 fully saturated rings. The minimum absolute atomic E-state index is 0.354. The van der Waals surface area contributed by atoms with Gasteiger partial charge in [0.15, 0.2) is 6.10 Å². The van der Waals surface area contributed by atoms with Crippen LogP contribution in [-0.4, -0.2) is 34.4 Å². The predicted molar refractivity (Wildman–Crippen MR) is 118 cm³/mol. The molecule has 0 spiro atoms. The van der Waals surface area contributed by atoms with Gasteiger partial charge in [0.25, 0.3) is 0 Å². The van der Waals surface area contributed by atoms with Crippen LogP contribution < -0.4 is 0 Å². The van der Waals surface area contributed by atoms with Crippen molar-refractivity contribution in [2.45, 2.75) is 142 Å². The fourth-order valence-corrected chi connectivity index (χ4v) is 3.80. The Labute approximate surface area is 178 Å². The first kappa shape index (κ1) is 27.9. The van der Waals surface area contributed by atoms with Crippen LogP contribution in [0.2, 0.25) is 0 Å². The van der Waals surface area contributed by atoms with Crippen LogP contribution in [0.25, 0.3) is 0 Å². The van der Waals surface area contributed by atoms with Crippen LogP contribution in [0.5, 0.6) is 0 Å². The quantitative estimate of drug-likeness (QED) is 0.230. The Balaban J connectivity index is 4.86. The van der Waals surface area contributed by atoms with Crippen LogP contribution in [0.1, 0.15) is 125 Å². The monoisotopic (exact) mass is 414 g/mol. The maximum atomic E-state index is 12.5. The zero-order valence-corrected chi connectivity index (χ0v) is 19.8. The average Bonchev–Trinajstić information content (AvgIpc) is 2.72. The van der Waals surface area contributed by atoms with Crippen LogP contribution in [0.15, 0.2) is 0 Å². The number of aliphatic hydroxyl groups is 1. The smallest absolute Gasteiger partial charge is 0.336 e. The van der Waals surface area contributed by atoms with Gasteiger partial charge in [-0.1, -0.05) is 67.2 Å². The van der Waals surface area contributed by atoms with Gasteiger partial charge in [-0.3, -0.25) is 4.79 Å². The first-order valence-corrected chi connectivity index (χ1v) is 11.9. The lowest BCUT2D eigenvalue weighted by molar-refractivity contribution is -0.179. The summed E-state index contributed by atoms with van der Waals surface area (Å²) in [5.41, 5.74) is -1.07. The molecule has 0 saturated carbocycles. The molecule has 0 aliphatic rings. The first-order valence-electron chi connectivity index (χ1n) is 11.9. The summed E-state index contributed by atoms with van der Waals surface area (Å²) in [4.78, 5) is 24.9. The Morgan fingerprint density at radius 2 is 1.14 bits per heavy atom. The van der Waals surface area contributed by atoms with Crippen molar-refractivity contribution in [3.05, 3.63) is 0 Å². The number of rotatable bonds is 17. The van der Waals surface area contributed by atoms with Gasteiger partial charge in [-0.25, -0.2) is 4.79 Å². The molecule has 172 valence electrons. The molecule has 0 aliphatic heterocycles. The Kier molecular flexibility index (Phi) is 14.3. The van der Waals surface area contributed by atoms with E-state index in [4.69, 9.17) is 9.47 Å². The summed E-state index contributed by atoms with van der Waals surface area (Å²) in [6.07, 6.45) is 8.99. The van der Waals surface area contributed by atoms with Gasteiger partial charge in [-0.15, -0.1) is 0 Å². The number of esters is 2. The molecule has 0 saturated heterocycles. The van der Waals surface area contributed by atoms with E-state index in [1.54, 1.807) is 0 Å². The van der Waals surface area contributed by atoms with Gasteiger partial charge in [0.05, 0.1) is 6.42 Å². The Hall–Kier alpha value is -1.10. The van der Waals surface area contributed by atoms with Gasteiger partial charge in [-0.2, -0.15) is 0 Å². The fourth-order valence-electron chi connectivity index (χ4n) is 3.80. The summed E-state index contributed by atoms with van der Waals surface area (Å²) in [6.45, 7) is 12.3. The zero-order chi connectivity index (χ0) is 22.3. The number of carbonyl (C=O) groups is 2. The van der Waals surface area contributed by atoms with Crippen molar-refractivity contribution >= 4 is 11.9 Å². The van der Waals surface area contributed by atoms with E-state index in [1.165, 1.54) is 0 Å². The van der Waals surface area contributed by atoms with Crippen molar-refractivity contribution in [1.29, 1.82) is 0 Å². The number of unbranched alkanes of at least 4 members (excludes halogenated alkanes) is 4. The molecule has 5 nitrogen and oxygen atoms in total. The third kappa shape index (κ3) is 9.97. The SMILES string of the molecule is CCCCCC(CC)(CC)OC(=O)CC(O)C(=O)OC(CC)(CC)CCCCC. The first-order chi connectivity index (χ1) is 13.8. The molecule has 1 N–H and O–H groups in total. The molecular formula is C24H46O5. The third-order valence-electron chi connectivity index (χ3n) is 6.33. The standard InChI is InChI=1S/C24H46O5/c1-7-13-15-17-23(9-3,10-4)28-21(26)19-20(25)22(27)29-24(11-5,12-6)18-16-14-8-2/h20,25H,7-19H2,1-6H3. The molecule has 5 heteroatoms. The molecule has 0 aromatic carbocycles. The molecule has 0 amide bonds. The number of ether oxygens (including phenoxy) is 2. The van der Waals surface area contributed by atoms with Gasteiger partial charge < -0.3 is 14.6 Å². The van der Waals surface area contributed by atoms with E-state index in [1.807, 2.05) is 27.7 Å². The highest BCUT2D eigenvalue weighted by Gasteiger charge is 2.35. The van der Waals surface area contributed by atoms with Crippen LogP contribution in [-0.2, 0) is 19.1 Å². The highest BCUT2D eigenvalue weighted by molar-refractivity contribution is 5.82. The van der Waals surface area contributed by atoms with E-state index < -0.39 is 29.2 Å². The maximum absolute atomic E-state index is 12.5. The number of aliphatic hydroxyl groups excluding tert-OH is 1. The second kappa shape index (κ2) is 14.8. The topological polar surface area (TPSA) is 72.8 Å². The van der Waals surface area contributed by atoms with Crippen LogP contribution in [0, 0.1) is 0 Å². The van der Waals surface area contributed by atoms with Crippen molar-refractivity contribution < 1.29 is 24.2 Å². The van der Waals surface area contributed by atoms with Gasteiger partial charge >= 0.3 is 11.9 Å². The second-order valence-electron chi connectivity index (χ2n) is 8.31. The molecule has 0 heterocycles. The number of hydrogen-bond acceptors (Lipinski definition) is 5. The molecule has 1 unspecified atom stereocenters. The minimum atomic E-state index is -1.48. The van der Waals surface area contributed by atoms with Crippen LogP contribution >= 0.6 is 0 Å². The van der Waals surface area contributed by atoms with E-state index in [-0.39, 0.29) is 6.42 Å². The molecule has 0 radical (unpaired) electrons. The van der Waals surface area contributed by atoms with E-state index >= 15 is 0 Å². The lowest BCUT2D eigenvalue weighted by Gasteiger charge is -2.33. The molecular weight excluding hydrogens is 368 g/mol. The predicted octanol–water partition coefficient (Wildman–Crippen LogP) is 6.10. The Morgan fingerprint density at radius 3 is 1.52 bits per heavy atom. The molecule has 0 aromatic rings. The molecule has 29 heavy (non-hydrogen) atoms. The van der Waals surface area contributed by atoms with E-state index in [2.05, 4.69) is 13.8 Å². The largest absolute Gasteiger partial charge is 0.459 e. The maximum Gasteiger partial charge on any atom is 0.336 e. The summed E-state index contributed by atoms with van der Waals surface area (Å²) in [6, 6.07) is 0. The van der Waals surface area contributed by atoms with Crippen LogP contribution in [0.4, 0.5) is 0 Å². The summed E-state index contributed by atoms with van der Waals surface area (Å²) in [5.74, 6) is -1.24. The van der Waals surface area contributed by atoms with Crippen LogP contribution in [0.3, 0.4) is 0 Å². The van der Waals surface area contributed by atoms with Gasteiger partial charge in [0.2, 0.25) is 0 Å². The van der Waals surface area contributed by atoms with E-state index in [0.29, 0.717) is 12.8 Å². The normalized spacial score (nSPS) is 13.2. The summed E-state index contributed by atoms with van der Waals surface area (Å²) in [7, 11) is 0. The van der Waals surface area contributed by atoms with Gasteiger partial charge in [0.1, 0.15) is 11.2 Å². The lowest BCUT2D eigenvalue weighted by Crippen LogP contribution is -2.40. The highest BCUT2D eigenvalue weighted by Crippen LogP contribution is 2.30.